The van der Waals surface area contributed by atoms with Crippen LogP contribution in [0.4, 0.5) is 5.69 Å². The number of nitrogens with one attached hydrogen (secondary N) is 1. The molecule has 4 aromatic rings. The standard InChI is InChI=1S/C23H19Cl2N5O4S/c1-33-17-5-2-14(3-6-17)21-11-16(29-30(21)20-7-4-15(24)10-19(20)25)12-28-35(31,32)23-18-13-27-34-22(18)8-9-26-23/h2-10,13,21,28H,11-12H2,1H3. The maximum absolute atomic E-state index is 13.0. The molecule has 0 radical (unpaired) electrons. The number of hydrogen-bond donors (Lipinski definition) is 1. The highest BCUT2D eigenvalue weighted by molar-refractivity contribution is 7.89. The summed E-state index contributed by atoms with van der Waals surface area (Å²) in [7, 11) is -2.35. The van der Waals surface area contributed by atoms with Gasteiger partial charge in [-0.3, -0.25) is 5.01 Å². The lowest BCUT2D eigenvalue weighted by atomic mass is 10.0. The minimum atomic E-state index is -3.95. The van der Waals surface area contributed by atoms with E-state index in [9.17, 15) is 8.42 Å². The fourth-order valence-corrected chi connectivity index (χ4v) is 5.52. The Bertz CT molecular complexity index is 1520. The van der Waals surface area contributed by atoms with Crippen LogP contribution in [0.5, 0.6) is 5.75 Å². The molecule has 0 fully saturated rings. The zero-order valence-electron chi connectivity index (χ0n) is 18.4. The second-order valence-corrected chi connectivity index (χ2v) is 10.3. The molecule has 0 saturated heterocycles. The van der Waals surface area contributed by atoms with Crippen LogP contribution in [0.3, 0.4) is 0 Å². The maximum atomic E-state index is 13.0. The summed E-state index contributed by atoms with van der Waals surface area (Å²) in [6.45, 7) is -0.0138. The van der Waals surface area contributed by atoms with Crippen molar-refractivity contribution in [2.75, 3.05) is 18.7 Å². The van der Waals surface area contributed by atoms with Crippen LogP contribution in [0.1, 0.15) is 18.0 Å². The molecule has 1 atom stereocenters. The Hall–Kier alpha value is -3.18. The van der Waals surface area contributed by atoms with E-state index in [1.165, 1.54) is 12.4 Å². The van der Waals surface area contributed by atoms with Crippen LogP contribution in [-0.2, 0) is 10.0 Å². The zero-order chi connectivity index (χ0) is 24.6. The van der Waals surface area contributed by atoms with E-state index < -0.39 is 10.0 Å². The molecule has 1 aliphatic rings. The molecule has 12 heteroatoms. The van der Waals surface area contributed by atoms with Crippen LogP contribution < -0.4 is 14.5 Å². The van der Waals surface area contributed by atoms with Gasteiger partial charge in [-0.05, 0) is 35.9 Å². The van der Waals surface area contributed by atoms with Gasteiger partial charge in [-0.25, -0.2) is 18.1 Å². The van der Waals surface area contributed by atoms with Gasteiger partial charge in [-0.1, -0.05) is 40.5 Å². The largest absolute Gasteiger partial charge is 0.497 e. The molecular formula is C23H19Cl2N5O4S. The summed E-state index contributed by atoms with van der Waals surface area (Å²) in [4.78, 5) is 4.01. The molecule has 1 N–H and O–H groups in total. The molecule has 9 nitrogen and oxygen atoms in total. The summed E-state index contributed by atoms with van der Waals surface area (Å²) in [5, 5.41) is 11.2. The minimum Gasteiger partial charge on any atom is -0.497 e. The Kier molecular flexibility index (Phi) is 6.37. The third-order valence-corrected chi connectivity index (χ3v) is 7.49. The number of pyridine rings is 1. The first kappa shape index (κ1) is 23.6. The molecule has 0 amide bonds. The molecule has 2 aromatic heterocycles. The summed E-state index contributed by atoms with van der Waals surface area (Å²) in [5.74, 6) is 0.729. The van der Waals surface area contributed by atoms with Gasteiger partial charge in [0.2, 0.25) is 0 Å². The number of hydrogen-bond acceptors (Lipinski definition) is 8. The van der Waals surface area contributed by atoms with Crippen molar-refractivity contribution < 1.29 is 17.7 Å². The second kappa shape index (κ2) is 9.46. The van der Waals surface area contributed by atoms with E-state index in [-0.39, 0.29) is 17.6 Å². The van der Waals surface area contributed by atoms with Crippen LogP contribution >= 0.6 is 23.2 Å². The smallest absolute Gasteiger partial charge is 0.259 e. The van der Waals surface area contributed by atoms with E-state index in [4.69, 9.17) is 37.6 Å². The van der Waals surface area contributed by atoms with E-state index in [2.05, 4.69) is 14.9 Å². The Labute approximate surface area is 211 Å². The lowest BCUT2D eigenvalue weighted by Crippen LogP contribution is -2.30. The summed E-state index contributed by atoms with van der Waals surface area (Å²) in [5.41, 5.74) is 2.58. The molecule has 0 saturated carbocycles. The highest BCUT2D eigenvalue weighted by Crippen LogP contribution is 2.40. The first-order valence-electron chi connectivity index (χ1n) is 10.5. The zero-order valence-corrected chi connectivity index (χ0v) is 20.7. The summed E-state index contributed by atoms with van der Waals surface area (Å²) >= 11 is 12.6. The number of methoxy groups -OCH3 is 1. The highest BCUT2D eigenvalue weighted by atomic mass is 35.5. The van der Waals surface area contributed by atoms with Gasteiger partial charge in [-0.2, -0.15) is 5.10 Å². The van der Waals surface area contributed by atoms with Gasteiger partial charge < -0.3 is 9.26 Å². The van der Waals surface area contributed by atoms with Crippen molar-refractivity contribution in [3.63, 3.8) is 0 Å². The van der Waals surface area contributed by atoms with E-state index in [1.807, 2.05) is 24.3 Å². The third kappa shape index (κ3) is 4.70. The number of ether oxygens (including phenoxy) is 1. The van der Waals surface area contributed by atoms with Gasteiger partial charge in [0, 0.05) is 23.7 Å². The topological polar surface area (TPSA) is 110 Å². The van der Waals surface area contributed by atoms with Crippen LogP contribution in [0.15, 0.2) is 75.6 Å². The quantitative estimate of drug-likeness (QED) is 0.363. The molecule has 5 rings (SSSR count). The van der Waals surface area contributed by atoms with Crippen molar-refractivity contribution in [2.45, 2.75) is 17.5 Å². The molecule has 0 bridgehead atoms. The molecule has 0 aliphatic carbocycles. The lowest BCUT2D eigenvalue weighted by molar-refractivity contribution is 0.414. The molecule has 1 aliphatic heterocycles. The number of anilines is 1. The third-order valence-electron chi connectivity index (χ3n) is 5.60. The van der Waals surface area contributed by atoms with E-state index in [0.29, 0.717) is 38.8 Å². The number of nitrogens with zero attached hydrogens (tertiary/aromatic N) is 4. The van der Waals surface area contributed by atoms with E-state index >= 15 is 0 Å². The Morgan fingerprint density at radius 2 is 1.97 bits per heavy atom. The Morgan fingerprint density at radius 1 is 1.17 bits per heavy atom. The first-order valence-corrected chi connectivity index (χ1v) is 12.7. The van der Waals surface area contributed by atoms with Crippen LogP contribution in [0, 0.1) is 0 Å². The van der Waals surface area contributed by atoms with Gasteiger partial charge in [0.05, 0.1) is 47.7 Å². The fraction of sp³-hybridized carbons (Fsp3) is 0.174. The predicted molar refractivity (Wildman–Crippen MR) is 134 cm³/mol. The maximum Gasteiger partial charge on any atom is 0.259 e. The number of halogens is 2. The number of fused-ring (bicyclic) bond motifs is 1. The SMILES string of the molecule is COc1ccc(C2CC(CNS(=O)(=O)c3nccc4oncc34)=NN2c2ccc(Cl)cc2Cl)cc1. The second-order valence-electron chi connectivity index (χ2n) is 7.78. The number of hydrazone groups is 1. The monoisotopic (exact) mass is 531 g/mol. The average molecular weight is 532 g/mol. The summed E-state index contributed by atoms with van der Waals surface area (Å²) in [6.07, 6.45) is 3.16. The molecule has 2 aromatic carbocycles. The van der Waals surface area contributed by atoms with Crippen molar-refractivity contribution >= 4 is 55.6 Å². The van der Waals surface area contributed by atoms with Crippen molar-refractivity contribution in [2.24, 2.45) is 5.10 Å². The van der Waals surface area contributed by atoms with Crippen molar-refractivity contribution in [3.05, 3.63) is 76.5 Å². The number of benzene rings is 2. The minimum absolute atomic E-state index is 0.0138. The average Bonchev–Trinajstić information content (AvgIpc) is 3.50. The van der Waals surface area contributed by atoms with E-state index in [1.54, 1.807) is 36.4 Å². The molecule has 0 spiro atoms. The molecule has 180 valence electrons. The van der Waals surface area contributed by atoms with Gasteiger partial charge in [0.15, 0.2) is 10.6 Å². The molecular weight excluding hydrogens is 513 g/mol. The van der Waals surface area contributed by atoms with Gasteiger partial charge >= 0.3 is 0 Å². The predicted octanol–water partition coefficient (Wildman–Crippen LogP) is 4.82. The van der Waals surface area contributed by atoms with Crippen molar-refractivity contribution in [1.29, 1.82) is 0 Å². The molecule has 1 unspecified atom stereocenters. The van der Waals surface area contributed by atoms with Gasteiger partial charge in [0.25, 0.3) is 10.0 Å². The summed E-state index contributed by atoms with van der Waals surface area (Å²) in [6, 6.07) is 14.1. The lowest BCUT2D eigenvalue weighted by Gasteiger charge is -2.25. The van der Waals surface area contributed by atoms with Crippen LogP contribution in [-0.4, -0.2) is 37.9 Å². The van der Waals surface area contributed by atoms with Gasteiger partial charge in [-0.15, -0.1) is 0 Å². The van der Waals surface area contributed by atoms with Gasteiger partial charge in [0.1, 0.15) is 5.75 Å². The Morgan fingerprint density at radius 3 is 2.71 bits per heavy atom. The highest BCUT2D eigenvalue weighted by Gasteiger charge is 2.31. The van der Waals surface area contributed by atoms with Crippen molar-refractivity contribution in [3.8, 4) is 5.75 Å². The Balaban J connectivity index is 1.44. The molecule has 35 heavy (non-hydrogen) atoms. The summed E-state index contributed by atoms with van der Waals surface area (Å²) < 4.78 is 38.9. The van der Waals surface area contributed by atoms with Crippen molar-refractivity contribution in [1.82, 2.24) is 14.9 Å². The van der Waals surface area contributed by atoms with Crippen LogP contribution in [0.2, 0.25) is 10.0 Å². The number of aromatic nitrogens is 2. The van der Waals surface area contributed by atoms with E-state index in [0.717, 1.165) is 11.3 Å². The normalized spacial score (nSPS) is 16.0. The number of sulfonamides is 1. The first-order chi connectivity index (χ1) is 16.9. The fourth-order valence-electron chi connectivity index (χ4n) is 3.89. The number of rotatable bonds is 7. The molecule has 3 heterocycles. The van der Waals surface area contributed by atoms with Crippen LogP contribution in [0.25, 0.3) is 11.0 Å².